The number of nitrogens with zero attached hydrogens (tertiary/aromatic N) is 1. The summed E-state index contributed by atoms with van der Waals surface area (Å²) in [6.45, 7) is 5.19. The molecule has 0 fully saturated rings. The number of oxazole rings is 1. The number of aryl methyl sites for hydroxylation is 1. The van der Waals surface area contributed by atoms with Gasteiger partial charge in [0.05, 0.1) is 13.0 Å². The first-order valence-electron chi connectivity index (χ1n) is 4.30. The molecule has 0 saturated carbocycles. The average molecular weight is 199 g/mol. The summed E-state index contributed by atoms with van der Waals surface area (Å²) in [5.41, 5.74) is -0.0730. The lowest BCUT2D eigenvalue weighted by Crippen LogP contribution is -2.36. The molecular formula is C9H13NO4. The van der Waals surface area contributed by atoms with Gasteiger partial charge in [0.25, 0.3) is 0 Å². The number of methoxy groups -OCH3 is 1. The highest BCUT2D eigenvalue weighted by Gasteiger charge is 2.30. The van der Waals surface area contributed by atoms with Gasteiger partial charge in [-0.1, -0.05) is 0 Å². The van der Waals surface area contributed by atoms with Crippen molar-refractivity contribution >= 4 is 5.97 Å². The van der Waals surface area contributed by atoms with Gasteiger partial charge in [0.2, 0.25) is 0 Å². The largest absolute Gasteiger partial charge is 0.616 e. The molecule has 0 aliphatic heterocycles. The van der Waals surface area contributed by atoms with Gasteiger partial charge in [-0.25, -0.2) is 4.79 Å². The number of carbonyl (C=O) groups is 1. The lowest BCUT2D eigenvalue weighted by atomic mass is 10.2. The van der Waals surface area contributed by atoms with Gasteiger partial charge in [-0.3, -0.25) is 0 Å². The zero-order valence-electron chi connectivity index (χ0n) is 8.66. The van der Waals surface area contributed by atoms with Crippen LogP contribution in [0.2, 0.25) is 0 Å². The van der Waals surface area contributed by atoms with Crippen molar-refractivity contribution in [1.29, 1.82) is 0 Å². The quantitative estimate of drug-likeness (QED) is 0.407. The Morgan fingerprint density at radius 2 is 2.14 bits per heavy atom. The van der Waals surface area contributed by atoms with Crippen molar-refractivity contribution in [2.24, 2.45) is 0 Å². The minimum atomic E-state index is -0.673. The van der Waals surface area contributed by atoms with Crippen LogP contribution >= 0.6 is 0 Å². The van der Waals surface area contributed by atoms with Gasteiger partial charge in [-0.2, -0.15) is 0 Å². The van der Waals surface area contributed by atoms with E-state index in [0.717, 1.165) is 0 Å². The van der Waals surface area contributed by atoms with E-state index in [2.05, 4.69) is 4.74 Å². The van der Waals surface area contributed by atoms with Gasteiger partial charge < -0.3 is 14.4 Å². The first kappa shape index (κ1) is 10.6. The normalized spacial score (nSPS) is 10.6. The molecule has 0 saturated heterocycles. The van der Waals surface area contributed by atoms with E-state index < -0.39 is 5.97 Å². The average Bonchev–Trinajstić information content (AvgIpc) is 2.41. The van der Waals surface area contributed by atoms with Gasteiger partial charge in [0.15, 0.2) is 5.76 Å². The van der Waals surface area contributed by atoms with E-state index in [1.165, 1.54) is 7.11 Å². The van der Waals surface area contributed by atoms with Crippen molar-refractivity contribution in [3.8, 4) is 0 Å². The standard InChI is InChI=1S/C9H13NO4/c1-5(2)8-10(12)7(6(3)14-8)9(11)13-4/h5H,1-4H3. The van der Waals surface area contributed by atoms with E-state index in [1.54, 1.807) is 6.92 Å². The molecule has 0 spiro atoms. The second-order valence-electron chi connectivity index (χ2n) is 3.29. The van der Waals surface area contributed by atoms with Gasteiger partial charge in [-0.05, 0) is 13.8 Å². The van der Waals surface area contributed by atoms with Gasteiger partial charge in [-0.15, -0.1) is 4.73 Å². The molecule has 78 valence electrons. The number of hydrogen-bond donors (Lipinski definition) is 0. The summed E-state index contributed by atoms with van der Waals surface area (Å²) in [5, 5.41) is 11.6. The molecule has 5 nitrogen and oxygen atoms in total. The first-order valence-corrected chi connectivity index (χ1v) is 4.30. The number of ether oxygens (including phenoxy) is 1. The molecule has 0 radical (unpaired) electrons. The molecule has 5 heteroatoms. The predicted octanol–water partition coefficient (Wildman–Crippen LogP) is 1.13. The van der Waals surface area contributed by atoms with Crippen molar-refractivity contribution in [2.45, 2.75) is 26.7 Å². The second kappa shape index (κ2) is 3.69. The van der Waals surface area contributed by atoms with Crippen LogP contribution < -0.4 is 4.73 Å². The SMILES string of the molecule is COC(=O)c1c(C)oc(C(C)C)[n+]1[O-]. The third kappa shape index (κ3) is 1.57. The van der Waals surface area contributed by atoms with E-state index >= 15 is 0 Å². The highest BCUT2D eigenvalue weighted by molar-refractivity contribution is 5.86. The van der Waals surface area contributed by atoms with Crippen LogP contribution in [0.3, 0.4) is 0 Å². The summed E-state index contributed by atoms with van der Waals surface area (Å²) < 4.78 is 10.1. The molecule has 1 rings (SSSR count). The van der Waals surface area contributed by atoms with Crippen LogP contribution in [0.25, 0.3) is 0 Å². The molecule has 0 aliphatic carbocycles. The third-order valence-electron chi connectivity index (χ3n) is 1.87. The fourth-order valence-electron chi connectivity index (χ4n) is 1.18. The molecule has 0 aromatic carbocycles. The molecule has 0 N–H and O–H groups in total. The molecule has 1 aromatic rings. The van der Waals surface area contributed by atoms with Crippen molar-refractivity contribution in [3.63, 3.8) is 0 Å². The number of hydrogen-bond acceptors (Lipinski definition) is 4. The van der Waals surface area contributed by atoms with E-state index in [9.17, 15) is 10.0 Å². The van der Waals surface area contributed by atoms with Crippen molar-refractivity contribution < 1.29 is 18.7 Å². The number of esters is 1. The maximum atomic E-state index is 11.6. The first-order chi connectivity index (χ1) is 6.49. The molecular weight excluding hydrogens is 186 g/mol. The minimum absolute atomic E-state index is 0.0652. The van der Waals surface area contributed by atoms with Crippen LogP contribution in [0.4, 0.5) is 0 Å². The van der Waals surface area contributed by atoms with Gasteiger partial charge in [0.1, 0.15) is 0 Å². The van der Waals surface area contributed by atoms with Crippen LogP contribution in [-0.4, -0.2) is 13.1 Å². The van der Waals surface area contributed by atoms with Gasteiger partial charge >= 0.3 is 17.6 Å². The second-order valence-corrected chi connectivity index (χ2v) is 3.29. The number of carbonyl (C=O) groups excluding carboxylic acids is 1. The summed E-state index contributed by atoms with van der Waals surface area (Å²) in [6, 6.07) is 0. The van der Waals surface area contributed by atoms with E-state index in [4.69, 9.17) is 4.42 Å². The Morgan fingerprint density at radius 1 is 1.57 bits per heavy atom. The third-order valence-corrected chi connectivity index (χ3v) is 1.87. The van der Waals surface area contributed by atoms with Gasteiger partial charge in [0, 0.05) is 6.92 Å². The highest BCUT2D eigenvalue weighted by atomic mass is 16.5. The lowest BCUT2D eigenvalue weighted by Gasteiger charge is -1.99. The maximum absolute atomic E-state index is 11.6. The summed E-state index contributed by atoms with van der Waals surface area (Å²) in [4.78, 5) is 11.2. The van der Waals surface area contributed by atoms with E-state index in [0.29, 0.717) is 4.73 Å². The van der Waals surface area contributed by atoms with Crippen molar-refractivity contribution in [1.82, 2.24) is 0 Å². The minimum Gasteiger partial charge on any atom is -0.616 e. The molecule has 14 heavy (non-hydrogen) atoms. The Morgan fingerprint density at radius 3 is 2.50 bits per heavy atom. The topological polar surface area (TPSA) is 66.4 Å². The van der Waals surface area contributed by atoms with Crippen LogP contribution in [0.1, 0.15) is 41.9 Å². The van der Waals surface area contributed by atoms with Crippen LogP contribution in [0.15, 0.2) is 4.42 Å². The number of aromatic nitrogens is 1. The van der Waals surface area contributed by atoms with Crippen molar-refractivity contribution in [2.75, 3.05) is 7.11 Å². The van der Waals surface area contributed by atoms with Crippen LogP contribution in [-0.2, 0) is 4.74 Å². The zero-order valence-corrected chi connectivity index (χ0v) is 8.66. The predicted molar refractivity (Wildman–Crippen MR) is 47.8 cm³/mol. The van der Waals surface area contributed by atoms with E-state index in [1.807, 2.05) is 13.8 Å². The summed E-state index contributed by atoms with van der Waals surface area (Å²) in [5.74, 6) is -0.226. The van der Waals surface area contributed by atoms with Crippen LogP contribution in [0.5, 0.6) is 0 Å². The van der Waals surface area contributed by atoms with E-state index in [-0.39, 0.29) is 23.3 Å². The summed E-state index contributed by atoms with van der Waals surface area (Å²) >= 11 is 0. The smallest absolute Gasteiger partial charge is 0.408 e. The van der Waals surface area contributed by atoms with Crippen LogP contribution in [0, 0.1) is 12.1 Å². The summed E-state index contributed by atoms with van der Waals surface area (Å²) in [6.07, 6.45) is 0. The maximum Gasteiger partial charge on any atom is 0.408 e. The van der Waals surface area contributed by atoms with Crippen molar-refractivity contribution in [3.05, 3.63) is 22.6 Å². The molecule has 0 bridgehead atoms. The monoisotopic (exact) mass is 199 g/mol. The Hall–Kier alpha value is -1.52. The summed E-state index contributed by atoms with van der Waals surface area (Å²) in [7, 11) is 1.23. The molecule has 0 unspecified atom stereocenters. The molecule has 1 aromatic heterocycles. The molecule has 0 amide bonds. The fourth-order valence-corrected chi connectivity index (χ4v) is 1.18. The zero-order chi connectivity index (χ0) is 10.9. The molecule has 0 atom stereocenters. The Bertz CT molecular complexity index is 354. The fraction of sp³-hybridized carbons (Fsp3) is 0.556. The number of rotatable bonds is 2. The molecule has 1 heterocycles. The Balaban J connectivity index is 3.24. The molecule has 0 aliphatic rings. The Labute approximate surface area is 81.9 Å². The lowest BCUT2D eigenvalue weighted by molar-refractivity contribution is -0.622. The Kier molecular flexibility index (Phi) is 2.78. The highest BCUT2D eigenvalue weighted by Crippen LogP contribution is 2.15.